The first-order valence-electron chi connectivity index (χ1n) is 8.18. The molecule has 1 aromatic rings. The van der Waals surface area contributed by atoms with Gasteiger partial charge in [-0.3, -0.25) is 15.0 Å². The van der Waals surface area contributed by atoms with Crippen LogP contribution in [0.4, 0.5) is 16.3 Å². The van der Waals surface area contributed by atoms with Crippen LogP contribution in [0.1, 0.15) is 6.42 Å². The predicted molar refractivity (Wildman–Crippen MR) is 85.8 cm³/mol. The molecule has 1 aromatic heterocycles. The van der Waals surface area contributed by atoms with E-state index in [1.165, 1.54) is 12.3 Å². The van der Waals surface area contributed by atoms with E-state index in [9.17, 15) is 14.9 Å². The number of nitrogens with zero attached hydrogens (tertiary/aromatic N) is 4. The Morgan fingerprint density at radius 2 is 1.83 bits per heavy atom. The number of aromatic nitrogens is 1. The molecular weight excluding hydrogens is 314 g/mol. The van der Waals surface area contributed by atoms with Gasteiger partial charge >= 0.3 is 11.7 Å². The molecule has 2 fully saturated rings. The number of nitrogens with one attached hydrogen (secondary N) is 1. The van der Waals surface area contributed by atoms with Crippen LogP contribution in [-0.4, -0.2) is 73.2 Å². The second-order valence-corrected chi connectivity index (χ2v) is 5.90. The summed E-state index contributed by atoms with van der Waals surface area (Å²) in [5.41, 5.74) is 0.0395. The maximum atomic E-state index is 12.6. The zero-order valence-electron chi connectivity index (χ0n) is 13.5. The van der Waals surface area contributed by atoms with Crippen molar-refractivity contribution in [3.05, 3.63) is 28.4 Å². The van der Waals surface area contributed by atoms with Crippen molar-refractivity contribution in [3.63, 3.8) is 0 Å². The highest BCUT2D eigenvalue weighted by Gasteiger charge is 2.27. The van der Waals surface area contributed by atoms with Crippen LogP contribution in [-0.2, 0) is 4.74 Å². The Morgan fingerprint density at radius 3 is 2.50 bits per heavy atom. The second kappa shape index (κ2) is 7.43. The minimum atomic E-state index is -0.425. The molecule has 9 heteroatoms. The van der Waals surface area contributed by atoms with Crippen molar-refractivity contribution >= 4 is 17.5 Å². The van der Waals surface area contributed by atoms with Gasteiger partial charge in [0.05, 0.1) is 31.2 Å². The molecule has 24 heavy (non-hydrogen) atoms. The fourth-order valence-corrected chi connectivity index (χ4v) is 3.02. The van der Waals surface area contributed by atoms with Crippen LogP contribution in [0.2, 0.25) is 0 Å². The van der Waals surface area contributed by atoms with E-state index < -0.39 is 4.92 Å². The SMILES string of the molecule is O=C(N1CCOCC1)N1CCCN(c2ccc([N+](=O)[O-])c[nH+]2)CC1. The lowest BCUT2D eigenvalue weighted by atomic mass is 10.3. The minimum Gasteiger partial charge on any atom is -0.378 e. The largest absolute Gasteiger partial charge is 0.378 e. The number of urea groups is 1. The lowest BCUT2D eigenvalue weighted by Gasteiger charge is -2.32. The van der Waals surface area contributed by atoms with E-state index in [1.54, 1.807) is 6.07 Å². The maximum absolute atomic E-state index is 12.6. The third-order valence-electron chi connectivity index (χ3n) is 4.38. The molecule has 1 N–H and O–H groups in total. The van der Waals surface area contributed by atoms with Crippen molar-refractivity contribution in [3.8, 4) is 0 Å². The predicted octanol–water partition coefficient (Wildman–Crippen LogP) is 0.373. The number of pyridine rings is 1. The van der Waals surface area contributed by atoms with Gasteiger partial charge in [-0.15, -0.1) is 0 Å². The quantitative estimate of drug-likeness (QED) is 0.575. The first kappa shape index (κ1) is 16.4. The van der Waals surface area contributed by atoms with Gasteiger partial charge in [-0.1, -0.05) is 0 Å². The van der Waals surface area contributed by atoms with Crippen molar-refractivity contribution in [2.24, 2.45) is 0 Å². The number of hydrogen-bond donors (Lipinski definition) is 0. The lowest BCUT2D eigenvalue weighted by molar-refractivity contribution is -0.414. The number of nitro groups is 1. The standard InChI is InChI=1S/C15H21N5O4/c21-15(19-8-10-24-11-9-19)18-5-1-4-17(6-7-18)14-3-2-13(12-16-14)20(22)23/h2-3,12H,1,4-11H2/p+1. The Hall–Kier alpha value is -2.42. The van der Waals surface area contributed by atoms with Crippen LogP contribution in [0.25, 0.3) is 0 Å². The van der Waals surface area contributed by atoms with Gasteiger partial charge in [0.2, 0.25) is 0 Å². The Morgan fingerprint density at radius 1 is 1.08 bits per heavy atom. The minimum absolute atomic E-state index is 0.0395. The zero-order chi connectivity index (χ0) is 16.9. The summed E-state index contributed by atoms with van der Waals surface area (Å²) in [4.78, 5) is 31.7. The molecule has 0 radical (unpaired) electrons. The van der Waals surface area contributed by atoms with E-state index in [1.807, 2.05) is 9.80 Å². The van der Waals surface area contributed by atoms with Crippen molar-refractivity contribution in [2.45, 2.75) is 6.42 Å². The highest BCUT2D eigenvalue weighted by atomic mass is 16.6. The molecule has 0 spiro atoms. The number of morpholine rings is 1. The molecular formula is C15H22N5O4+. The fraction of sp³-hybridized carbons (Fsp3) is 0.600. The van der Waals surface area contributed by atoms with E-state index in [0.29, 0.717) is 39.4 Å². The number of anilines is 1. The maximum Gasteiger partial charge on any atom is 0.320 e. The molecule has 0 aliphatic carbocycles. The van der Waals surface area contributed by atoms with Gasteiger partial charge in [-0.2, -0.15) is 0 Å². The topological polar surface area (TPSA) is 93.3 Å². The Bertz CT molecular complexity index is 588. The van der Waals surface area contributed by atoms with Crippen LogP contribution in [0.3, 0.4) is 0 Å². The van der Waals surface area contributed by atoms with Gasteiger partial charge in [-0.25, -0.2) is 9.78 Å². The van der Waals surface area contributed by atoms with Crippen LogP contribution in [0.5, 0.6) is 0 Å². The number of rotatable bonds is 2. The molecule has 9 nitrogen and oxygen atoms in total. The van der Waals surface area contributed by atoms with E-state index in [0.717, 1.165) is 25.3 Å². The van der Waals surface area contributed by atoms with Gasteiger partial charge in [0.25, 0.3) is 5.82 Å². The second-order valence-electron chi connectivity index (χ2n) is 5.90. The summed E-state index contributed by atoms with van der Waals surface area (Å²) in [5, 5.41) is 10.7. The lowest BCUT2D eigenvalue weighted by Crippen LogP contribution is -2.49. The summed E-state index contributed by atoms with van der Waals surface area (Å²) < 4.78 is 5.29. The summed E-state index contributed by atoms with van der Waals surface area (Å²) >= 11 is 0. The van der Waals surface area contributed by atoms with Crippen LogP contribution < -0.4 is 9.88 Å². The fourth-order valence-electron chi connectivity index (χ4n) is 3.02. The molecule has 0 bridgehead atoms. The smallest absolute Gasteiger partial charge is 0.320 e. The molecule has 2 aliphatic rings. The molecule has 3 rings (SSSR count). The van der Waals surface area contributed by atoms with Crippen LogP contribution >= 0.6 is 0 Å². The Labute approximate surface area is 139 Å². The number of H-pyrrole nitrogens is 1. The van der Waals surface area contributed by atoms with Gasteiger partial charge in [0.1, 0.15) is 6.54 Å². The summed E-state index contributed by atoms with van der Waals surface area (Å²) in [5.74, 6) is 0.835. The van der Waals surface area contributed by atoms with Gasteiger partial charge in [-0.05, 0) is 0 Å². The van der Waals surface area contributed by atoms with E-state index in [-0.39, 0.29) is 11.7 Å². The van der Waals surface area contributed by atoms with Gasteiger partial charge < -0.3 is 14.5 Å². The molecule has 2 aliphatic heterocycles. The number of amides is 2. The average molecular weight is 336 g/mol. The number of carbonyl (C=O) groups is 1. The van der Waals surface area contributed by atoms with Gasteiger partial charge in [0, 0.05) is 38.2 Å². The van der Waals surface area contributed by atoms with Crippen molar-refractivity contribution < 1.29 is 19.4 Å². The van der Waals surface area contributed by atoms with Crippen LogP contribution in [0, 0.1) is 10.1 Å². The third-order valence-corrected chi connectivity index (χ3v) is 4.38. The normalized spacial score (nSPS) is 19.1. The first-order valence-corrected chi connectivity index (χ1v) is 8.18. The molecule has 130 valence electrons. The van der Waals surface area contributed by atoms with E-state index >= 15 is 0 Å². The van der Waals surface area contributed by atoms with Gasteiger partial charge in [0.15, 0.2) is 6.20 Å². The first-order chi connectivity index (χ1) is 11.6. The highest BCUT2D eigenvalue weighted by molar-refractivity contribution is 5.74. The van der Waals surface area contributed by atoms with E-state index in [4.69, 9.17) is 4.74 Å². The Kier molecular flexibility index (Phi) is 5.09. The monoisotopic (exact) mass is 336 g/mol. The third kappa shape index (κ3) is 3.73. The Balaban J connectivity index is 1.60. The summed E-state index contributed by atoms with van der Waals surface area (Å²) in [6.07, 6.45) is 2.26. The van der Waals surface area contributed by atoms with Crippen molar-refractivity contribution in [1.82, 2.24) is 9.80 Å². The summed E-state index contributed by atoms with van der Waals surface area (Å²) in [6.45, 7) is 5.36. The number of aromatic amines is 1. The molecule has 0 unspecified atom stereocenters. The number of ether oxygens (including phenoxy) is 1. The van der Waals surface area contributed by atoms with Crippen LogP contribution in [0.15, 0.2) is 18.3 Å². The number of carbonyl (C=O) groups excluding carboxylic acids is 1. The molecule has 0 aromatic carbocycles. The number of hydrogen-bond acceptors (Lipinski definition) is 5. The zero-order valence-corrected chi connectivity index (χ0v) is 13.5. The molecule has 3 heterocycles. The summed E-state index contributed by atoms with van der Waals surface area (Å²) in [6, 6.07) is 3.29. The molecule has 2 amide bonds. The van der Waals surface area contributed by atoms with E-state index in [2.05, 4.69) is 9.88 Å². The molecule has 2 saturated heterocycles. The summed E-state index contributed by atoms with van der Waals surface area (Å²) in [7, 11) is 0. The molecule has 0 saturated carbocycles. The van der Waals surface area contributed by atoms with Crippen molar-refractivity contribution in [2.75, 3.05) is 57.4 Å². The average Bonchev–Trinajstić information content (AvgIpc) is 2.88. The van der Waals surface area contributed by atoms with Crippen molar-refractivity contribution in [1.29, 1.82) is 0 Å². The highest BCUT2D eigenvalue weighted by Crippen LogP contribution is 2.15. The molecule has 0 atom stereocenters.